The summed E-state index contributed by atoms with van der Waals surface area (Å²) in [4.78, 5) is 76.9. The highest BCUT2D eigenvalue weighted by molar-refractivity contribution is 7.34. The number of ether oxygens (including phenoxy) is 6. The standard InChI is InChI=1S/C37H37FN3O13P/c1-23(32(43)51-24(2)33(44)49-20-25-12-6-4-7-13-25)40-55(47)54-28-17-11-10-16-27(28)48-22-29-31(53-36(46)50-21-26-14-8-5-9-15-26)37(3,38)34(52-29)41-19-18-30(42)39-35(41)45/h4-19,23-24,29,31,34H,20-22H2,1-3H3,(H,39,42,45)/t23-,24-,29+,31+,34+,37+/m0/s1. The van der Waals surface area contributed by atoms with Gasteiger partial charge in [-0.05, 0) is 44.0 Å². The van der Waals surface area contributed by atoms with E-state index in [0.29, 0.717) is 5.56 Å². The van der Waals surface area contributed by atoms with E-state index < -0.39 is 80.4 Å². The summed E-state index contributed by atoms with van der Waals surface area (Å²) in [5.74, 6) is -1.87. The Bertz CT molecular complexity index is 2090. The van der Waals surface area contributed by atoms with Crippen LogP contribution in [0.15, 0.2) is 112 Å². The molecule has 1 saturated heterocycles. The summed E-state index contributed by atoms with van der Waals surface area (Å²) < 4.78 is 59.3. The van der Waals surface area contributed by atoms with Crippen LogP contribution >= 0.6 is 8.17 Å². The van der Waals surface area contributed by atoms with Crippen molar-refractivity contribution >= 4 is 26.3 Å². The molecule has 4 aromatic rings. The molecular formula is C37H37FN3O13P. The predicted octanol–water partition coefficient (Wildman–Crippen LogP) is 4.26. The fraction of sp³-hybridized carbons (Fsp3) is 0.324. The molecule has 0 radical (unpaired) electrons. The normalized spacial score (nSPS) is 20.5. The molecule has 16 nitrogen and oxygen atoms in total. The molecule has 1 aromatic heterocycles. The van der Waals surface area contributed by atoms with Crippen LogP contribution in [0.2, 0.25) is 0 Å². The van der Waals surface area contributed by atoms with Gasteiger partial charge in [-0.25, -0.2) is 23.6 Å². The molecule has 0 aliphatic carbocycles. The fourth-order valence-electron chi connectivity index (χ4n) is 5.28. The van der Waals surface area contributed by atoms with Gasteiger partial charge in [0.2, 0.25) is 5.75 Å². The second kappa shape index (κ2) is 18.4. The molecule has 7 atom stereocenters. The minimum absolute atomic E-state index is 0.0205. The molecule has 3 aromatic carbocycles. The van der Waals surface area contributed by atoms with Gasteiger partial charge in [-0.3, -0.25) is 18.9 Å². The van der Waals surface area contributed by atoms with Crippen LogP contribution in [0.1, 0.15) is 38.1 Å². The van der Waals surface area contributed by atoms with Crippen molar-refractivity contribution in [1.29, 1.82) is 0 Å². The van der Waals surface area contributed by atoms with Gasteiger partial charge in [0.05, 0.1) is 0 Å². The number of carbonyl (C=O) groups is 3. The van der Waals surface area contributed by atoms with E-state index in [1.807, 2.05) is 11.1 Å². The van der Waals surface area contributed by atoms with Crippen molar-refractivity contribution in [3.8, 4) is 11.5 Å². The highest BCUT2D eigenvalue weighted by Crippen LogP contribution is 2.43. The summed E-state index contributed by atoms with van der Waals surface area (Å²) in [6, 6.07) is 23.2. The first-order valence-electron chi connectivity index (χ1n) is 16.8. The zero-order valence-corrected chi connectivity index (χ0v) is 30.7. The Morgan fingerprint density at radius 2 is 1.51 bits per heavy atom. The van der Waals surface area contributed by atoms with Crippen LogP contribution in [0, 0.1) is 0 Å². The number of hydrogen-bond acceptors (Lipinski definition) is 14. The monoisotopic (exact) mass is 781 g/mol. The van der Waals surface area contributed by atoms with Crippen molar-refractivity contribution in [1.82, 2.24) is 9.55 Å². The Hall–Kier alpha value is -5.90. The second-order valence-electron chi connectivity index (χ2n) is 12.3. The molecule has 0 amide bonds. The first kappa shape index (κ1) is 40.3. The third kappa shape index (κ3) is 10.8. The van der Waals surface area contributed by atoms with Gasteiger partial charge in [-0.15, -0.1) is 0 Å². The Morgan fingerprint density at radius 3 is 2.15 bits per heavy atom. The topological polar surface area (TPSA) is 206 Å². The number of aromatic amines is 1. The minimum atomic E-state index is -2.91. The van der Waals surface area contributed by atoms with Crippen molar-refractivity contribution in [3.05, 3.63) is 129 Å². The average Bonchev–Trinajstić information content (AvgIpc) is 3.41. The number of carbonyl (C=O) groups excluding carboxylic acids is 3. The predicted molar refractivity (Wildman–Crippen MR) is 189 cm³/mol. The van der Waals surface area contributed by atoms with Crippen molar-refractivity contribution in [2.45, 2.75) is 70.2 Å². The number of para-hydroxylation sites is 2. The lowest BCUT2D eigenvalue weighted by molar-refractivity contribution is -0.171. The van der Waals surface area contributed by atoms with Gasteiger partial charge in [0, 0.05) is 12.3 Å². The molecule has 18 heteroatoms. The van der Waals surface area contributed by atoms with E-state index in [1.165, 1.54) is 32.0 Å². The van der Waals surface area contributed by atoms with Gasteiger partial charge in [-0.1, -0.05) is 77.5 Å². The Kier molecular flexibility index (Phi) is 13.5. The van der Waals surface area contributed by atoms with Crippen molar-refractivity contribution < 1.29 is 56.6 Å². The average molecular weight is 782 g/mol. The third-order valence-corrected chi connectivity index (χ3v) is 8.98. The Morgan fingerprint density at radius 1 is 0.909 bits per heavy atom. The van der Waals surface area contributed by atoms with Crippen LogP contribution in [0.5, 0.6) is 11.5 Å². The first-order valence-corrected chi connectivity index (χ1v) is 18.0. The summed E-state index contributed by atoms with van der Waals surface area (Å²) in [5, 5.41) is 0. The maximum absolute atomic E-state index is 16.6. The van der Waals surface area contributed by atoms with Crippen LogP contribution in [-0.4, -0.2) is 64.3 Å². The number of esters is 2. The molecule has 2 heterocycles. The minimum Gasteiger partial charge on any atom is -0.575 e. The van der Waals surface area contributed by atoms with Crippen molar-refractivity contribution in [2.24, 2.45) is 4.74 Å². The van der Waals surface area contributed by atoms with Crippen molar-refractivity contribution in [2.75, 3.05) is 6.61 Å². The maximum Gasteiger partial charge on any atom is 0.509 e. The van der Waals surface area contributed by atoms with E-state index >= 15 is 4.39 Å². The molecule has 0 saturated carbocycles. The second-order valence-corrected chi connectivity index (χ2v) is 13.2. The zero-order valence-electron chi connectivity index (χ0n) is 29.8. The molecule has 1 aliphatic heterocycles. The number of rotatable bonds is 15. The number of nitrogens with one attached hydrogen (secondary N) is 1. The van der Waals surface area contributed by atoms with Gasteiger partial charge in [0.15, 0.2) is 35.9 Å². The highest BCUT2D eigenvalue weighted by atomic mass is 31.1. The lowest BCUT2D eigenvalue weighted by Gasteiger charge is -2.27. The Labute approximate surface area is 314 Å². The molecule has 290 valence electrons. The number of hydrogen-bond donors (Lipinski definition) is 1. The summed E-state index contributed by atoms with van der Waals surface area (Å²) in [6.45, 7) is 2.97. The first-order chi connectivity index (χ1) is 26.3. The number of nitrogens with zero attached hydrogens (tertiary/aromatic N) is 2. The smallest absolute Gasteiger partial charge is 0.509 e. The number of benzene rings is 3. The molecule has 1 unspecified atom stereocenters. The molecule has 1 fully saturated rings. The third-order valence-electron chi connectivity index (χ3n) is 8.09. The van der Waals surface area contributed by atoms with Crippen LogP contribution < -0.4 is 25.4 Å². The summed E-state index contributed by atoms with van der Waals surface area (Å²) >= 11 is 0. The number of aromatic nitrogens is 2. The number of alkyl halides is 1. The lowest BCUT2D eigenvalue weighted by Crippen LogP contribution is -2.46. The van der Waals surface area contributed by atoms with Gasteiger partial charge in [0.1, 0.15) is 25.9 Å². The van der Waals surface area contributed by atoms with E-state index in [9.17, 15) is 28.9 Å². The molecule has 0 bridgehead atoms. The van der Waals surface area contributed by atoms with Crippen LogP contribution in [0.4, 0.5) is 9.18 Å². The van der Waals surface area contributed by atoms with Crippen molar-refractivity contribution in [3.63, 3.8) is 0 Å². The van der Waals surface area contributed by atoms with Gasteiger partial charge in [-0.2, -0.15) is 0 Å². The van der Waals surface area contributed by atoms with Crippen LogP contribution in [0.25, 0.3) is 0 Å². The molecule has 1 N–H and O–H groups in total. The van der Waals surface area contributed by atoms with E-state index in [0.717, 1.165) is 29.3 Å². The molecular weight excluding hydrogens is 744 g/mol. The molecule has 1 aliphatic rings. The molecule has 55 heavy (non-hydrogen) atoms. The Balaban J connectivity index is 1.24. The number of H-pyrrole nitrogens is 1. The quantitative estimate of drug-likeness (QED) is 0.102. The SMILES string of the molecule is C[C@H](N=[P+]([O-])Oc1ccccc1OC[C@H]1O[C@@H](n2ccc(=O)[nH]c2=O)[C@](C)(F)[C@@H]1OC(=O)OCc1ccccc1)C(=O)O[C@@H](C)C(=O)OCc1ccccc1. The molecule has 5 rings (SSSR count). The van der Waals surface area contributed by atoms with Crippen LogP contribution in [0.3, 0.4) is 0 Å². The van der Waals surface area contributed by atoms with Gasteiger partial charge >= 0.3 is 32.0 Å². The highest BCUT2D eigenvalue weighted by Gasteiger charge is 2.58. The fourth-order valence-corrected chi connectivity index (χ4v) is 6.02. The van der Waals surface area contributed by atoms with Crippen LogP contribution in [-0.2, 0) is 46.5 Å². The molecule has 0 spiro atoms. The van der Waals surface area contributed by atoms with E-state index in [-0.39, 0.29) is 24.7 Å². The van der Waals surface area contributed by atoms with E-state index in [1.54, 1.807) is 60.7 Å². The summed E-state index contributed by atoms with van der Waals surface area (Å²) in [7, 11) is -2.91. The lowest BCUT2D eigenvalue weighted by atomic mass is 9.98. The van der Waals surface area contributed by atoms with Gasteiger partial charge < -0.3 is 33.3 Å². The summed E-state index contributed by atoms with van der Waals surface area (Å²) in [5.41, 5.74) is -2.88. The largest absolute Gasteiger partial charge is 0.575 e. The maximum atomic E-state index is 16.6. The zero-order chi connectivity index (χ0) is 39.5. The summed E-state index contributed by atoms with van der Waals surface area (Å²) in [6.07, 6.45) is -6.22. The number of halogens is 1. The van der Waals surface area contributed by atoms with E-state index in [4.69, 9.17) is 32.9 Å². The van der Waals surface area contributed by atoms with Gasteiger partial charge in [0.25, 0.3) is 5.56 Å². The van der Waals surface area contributed by atoms with E-state index in [2.05, 4.69) is 4.74 Å².